The van der Waals surface area contributed by atoms with Crippen molar-refractivity contribution in [2.75, 3.05) is 6.61 Å². The van der Waals surface area contributed by atoms with Gasteiger partial charge in [0.1, 0.15) is 0 Å². The van der Waals surface area contributed by atoms with Crippen LogP contribution in [0.4, 0.5) is 4.79 Å². The van der Waals surface area contributed by atoms with Crippen LogP contribution in [-0.4, -0.2) is 62.4 Å². The number of hydrogen-bond donors (Lipinski definition) is 1. The quantitative estimate of drug-likeness (QED) is 0.165. The Morgan fingerprint density at radius 1 is 0.697 bits per heavy atom. The van der Waals surface area contributed by atoms with Crippen LogP contribution in [0.2, 0.25) is 0 Å². The zero-order chi connectivity index (χ0) is 24.9. The van der Waals surface area contributed by atoms with Crippen molar-refractivity contribution in [3.8, 4) is 0 Å². The predicted octanol–water partition coefficient (Wildman–Crippen LogP) is 3.81. The molecule has 0 rings (SSSR count). The van der Waals surface area contributed by atoms with Crippen molar-refractivity contribution >= 4 is 55.8 Å². The average Bonchev–Trinajstić information content (AvgIpc) is 2.72. The summed E-state index contributed by atoms with van der Waals surface area (Å²) in [6.45, 7) is 9.37. The van der Waals surface area contributed by atoms with Gasteiger partial charge in [-0.25, -0.2) is 4.79 Å². The largest absolute Gasteiger partial charge is 2.00 e. The molecule has 0 saturated heterocycles. The minimum Gasteiger partial charge on any atom is -0.550 e. The second kappa shape index (κ2) is 35.5. The molecule has 188 valence electrons. The Morgan fingerprint density at radius 3 is 1.21 bits per heavy atom. The number of nitrogens with two attached hydrogens (primary N) is 1. The summed E-state index contributed by atoms with van der Waals surface area (Å²) < 4.78 is 4.18. The molecule has 33 heavy (non-hydrogen) atoms. The second-order valence-corrected chi connectivity index (χ2v) is 7.39. The molecule has 0 heterocycles. The van der Waals surface area contributed by atoms with E-state index in [4.69, 9.17) is 0 Å². The summed E-state index contributed by atoms with van der Waals surface area (Å²) in [4.78, 5) is 29.7. The van der Waals surface area contributed by atoms with Gasteiger partial charge in [0.2, 0.25) is 0 Å². The number of primary amides is 1. The van der Waals surface area contributed by atoms with Gasteiger partial charge in [-0.15, -0.1) is 13.2 Å². The Labute approximate surface area is 231 Å². The fraction of sp³-hybridized carbons (Fsp3) is 0.720. The summed E-state index contributed by atoms with van der Waals surface area (Å²) in [5.41, 5.74) is 4.54. The van der Waals surface area contributed by atoms with Crippen LogP contribution >= 0.6 is 0 Å². The van der Waals surface area contributed by atoms with E-state index >= 15 is 0 Å². The van der Waals surface area contributed by atoms with Crippen molar-refractivity contribution < 1.29 is 29.3 Å². The Kier molecular flexibility index (Phi) is 42.2. The SMILES string of the molecule is C=CCCCCCCCCC(=O)[O-].C=CCCCCCCCCC(=O)[O-].CCOC(N)=O.[Ca+2]. The van der Waals surface area contributed by atoms with Gasteiger partial charge in [-0.3, -0.25) is 0 Å². The minimum absolute atomic E-state index is 0. The van der Waals surface area contributed by atoms with E-state index in [2.05, 4.69) is 23.6 Å². The van der Waals surface area contributed by atoms with E-state index in [1.54, 1.807) is 6.92 Å². The molecule has 2 N–H and O–H groups in total. The zero-order valence-corrected chi connectivity index (χ0v) is 23.0. The molecule has 0 unspecified atom stereocenters. The standard InChI is InChI=1S/2C11H20O2.C3H7NO2.Ca/c2*1-2-3-4-5-6-7-8-9-10-11(12)13;1-2-6-3(4)5;/h2*2H,1,3-10H2,(H,12,13);2H2,1H3,(H2,4,5);/q;;;+2/p-2. The van der Waals surface area contributed by atoms with Crippen LogP contribution in [0.25, 0.3) is 0 Å². The van der Waals surface area contributed by atoms with Gasteiger partial charge in [-0.2, -0.15) is 0 Å². The topological polar surface area (TPSA) is 133 Å². The van der Waals surface area contributed by atoms with Gasteiger partial charge in [-0.1, -0.05) is 63.5 Å². The molecule has 0 aliphatic heterocycles. The molecule has 0 aliphatic carbocycles. The Bertz CT molecular complexity index is 438. The van der Waals surface area contributed by atoms with E-state index < -0.39 is 18.0 Å². The van der Waals surface area contributed by atoms with E-state index in [1.165, 1.54) is 38.5 Å². The van der Waals surface area contributed by atoms with Gasteiger partial charge in [0.25, 0.3) is 0 Å². The normalized spacial score (nSPS) is 9.12. The van der Waals surface area contributed by atoms with Gasteiger partial charge >= 0.3 is 43.8 Å². The van der Waals surface area contributed by atoms with E-state index in [9.17, 15) is 24.6 Å². The van der Waals surface area contributed by atoms with Gasteiger partial charge in [-0.05, 0) is 58.3 Å². The molecule has 0 spiro atoms. The van der Waals surface area contributed by atoms with Gasteiger partial charge in [0, 0.05) is 11.9 Å². The summed E-state index contributed by atoms with van der Waals surface area (Å²) in [5, 5.41) is 20.1. The fourth-order valence-electron chi connectivity index (χ4n) is 2.67. The molecule has 0 aromatic rings. The number of carbonyl (C=O) groups excluding carboxylic acids is 3. The van der Waals surface area contributed by atoms with Crippen LogP contribution in [0.3, 0.4) is 0 Å². The summed E-state index contributed by atoms with van der Waals surface area (Å²) >= 11 is 0. The molecular formula is C25H45CaNO6. The molecule has 7 nitrogen and oxygen atoms in total. The Hall–Kier alpha value is -1.05. The van der Waals surface area contributed by atoms with Crippen molar-refractivity contribution in [2.45, 2.75) is 110 Å². The number of ether oxygens (including phenoxy) is 1. The summed E-state index contributed by atoms with van der Waals surface area (Å²) in [6, 6.07) is 0. The summed E-state index contributed by atoms with van der Waals surface area (Å²) in [5.74, 6) is -1.85. The number of rotatable bonds is 19. The van der Waals surface area contributed by atoms with Crippen molar-refractivity contribution in [1.82, 2.24) is 0 Å². The molecule has 0 aromatic carbocycles. The minimum atomic E-state index is -0.924. The van der Waals surface area contributed by atoms with Gasteiger partial charge < -0.3 is 30.3 Å². The third-order valence-corrected chi connectivity index (χ3v) is 4.36. The van der Waals surface area contributed by atoms with E-state index in [1.807, 2.05) is 12.2 Å². The van der Waals surface area contributed by atoms with Crippen LogP contribution in [0, 0.1) is 0 Å². The van der Waals surface area contributed by atoms with Crippen LogP contribution in [0.5, 0.6) is 0 Å². The monoisotopic (exact) mass is 495 g/mol. The number of carbonyl (C=O) groups is 3. The first-order chi connectivity index (χ1) is 15.3. The third-order valence-electron chi connectivity index (χ3n) is 4.36. The average molecular weight is 496 g/mol. The smallest absolute Gasteiger partial charge is 0.550 e. The Morgan fingerprint density at radius 2 is 1.00 bits per heavy atom. The molecule has 1 amide bonds. The molecule has 8 heteroatoms. The molecular weight excluding hydrogens is 450 g/mol. The first-order valence-electron chi connectivity index (χ1n) is 11.8. The maximum Gasteiger partial charge on any atom is 2.00 e. The van der Waals surface area contributed by atoms with Crippen LogP contribution in [-0.2, 0) is 14.3 Å². The maximum absolute atomic E-state index is 10.1. The number of carboxylic acids is 2. The van der Waals surface area contributed by atoms with Gasteiger partial charge in [0.15, 0.2) is 0 Å². The number of hydrogen-bond acceptors (Lipinski definition) is 6. The molecule has 0 fully saturated rings. The predicted molar refractivity (Wildman–Crippen MR) is 131 cm³/mol. The van der Waals surface area contributed by atoms with E-state index in [-0.39, 0.29) is 50.6 Å². The number of allylic oxidation sites excluding steroid dienone is 2. The molecule has 0 radical (unpaired) electrons. The fourth-order valence-corrected chi connectivity index (χ4v) is 2.67. The first-order valence-corrected chi connectivity index (χ1v) is 11.8. The third kappa shape index (κ3) is 53.8. The van der Waals surface area contributed by atoms with Crippen LogP contribution in [0.1, 0.15) is 110 Å². The molecule has 0 atom stereocenters. The zero-order valence-electron chi connectivity index (χ0n) is 20.8. The molecule has 0 bridgehead atoms. The van der Waals surface area contributed by atoms with E-state index in [0.29, 0.717) is 6.61 Å². The number of aliphatic carboxylic acids is 2. The van der Waals surface area contributed by atoms with Gasteiger partial charge in [0.05, 0.1) is 6.61 Å². The van der Waals surface area contributed by atoms with Crippen molar-refractivity contribution in [2.24, 2.45) is 5.73 Å². The first kappa shape index (κ1) is 39.2. The van der Waals surface area contributed by atoms with Crippen LogP contribution in [0.15, 0.2) is 25.3 Å². The second-order valence-electron chi connectivity index (χ2n) is 7.39. The van der Waals surface area contributed by atoms with Crippen molar-refractivity contribution in [3.05, 3.63) is 25.3 Å². The molecule has 0 aliphatic rings. The van der Waals surface area contributed by atoms with E-state index in [0.717, 1.165) is 51.4 Å². The number of carboxylic acid groups (broad SMARTS) is 2. The summed E-state index contributed by atoms with van der Waals surface area (Å²) in [6.07, 6.45) is 19.0. The van der Waals surface area contributed by atoms with Crippen molar-refractivity contribution in [3.63, 3.8) is 0 Å². The van der Waals surface area contributed by atoms with Crippen molar-refractivity contribution in [1.29, 1.82) is 0 Å². The number of unbranched alkanes of at least 4 members (excludes halogenated alkanes) is 12. The Balaban J connectivity index is -0.000000201. The molecule has 0 saturated carbocycles. The summed E-state index contributed by atoms with van der Waals surface area (Å²) in [7, 11) is 0. The maximum atomic E-state index is 10.1. The van der Waals surface area contributed by atoms with Crippen LogP contribution < -0.4 is 15.9 Å². The molecule has 0 aromatic heterocycles. The number of amides is 1.